The van der Waals surface area contributed by atoms with Gasteiger partial charge < -0.3 is 0 Å². The topological polar surface area (TPSA) is 0 Å². The fourth-order valence-electron chi connectivity index (χ4n) is 2.04. The number of rotatable bonds is 2. The molecule has 0 amide bonds. The molecular weight excluding hydrogens is 204 g/mol. The molecule has 0 spiro atoms. The summed E-state index contributed by atoms with van der Waals surface area (Å²) in [6, 6.07) is 8.36. The highest BCUT2D eigenvalue weighted by Gasteiger charge is 2.16. The van der Waals surface area contributed by atoms with Crippen LogP contribution in [0.5, 0.6) is 0 Å². The molecule has 1 aliphatic rings. The van der Waals surface area contributed by atoms with Gasteiger partial charge in [0.2, 0.25) is 0 Å². The zero-order chi connectivity index (χ0) is 10.8. The van der Waals surface area contributed by atoms with Crippen LogP contribution in [0.25, 0.3) is 5.57 Å². The van der Waals surface area contributed by atoms with Gasteiger partial charge in [0.25, 0.3) is 0 Å². The summed E-state index contributed by atoms with van der Waals surface area (Å²) in [4.78, 5) is 0. The number of hydrogen-bond donors (Lipinski definition) is 0. The van der Waals surface area contributed by atoms with Crippen LogP contribution in [0.3, 0.4) is 0 Å². The van der Waals surface area contributed by atoms with Crippen LogP contribution >= 0.6 is 0 Å². The molecule has 0 N–H and O–H groups in total. The Morgan fingerprint density at radius 1 is 1.00 bits per heavy atom. The molecule has 0 fully saturated rings. The second kappa shape index (κ2) is 6.05. The third-order valence-corrected chi connectivity index (χ3v) is 2.84. The Bertz CT molecular complexity index is 473. The monoisotopic (exact) mass is 226 g/mol. The van der Waals surface area contributed by atoms with Gasteiger partial charge >= 0.3 is 0 Å². The van der Waals surface area contributed by atoms with Gasteiger partial charge in [-0.15, -0.1) is 0 Å². The third-order valence-electron chi connectivity index (χ3n) is 2.84. The van der Waals surface area contributed by atoms with Crippen molar-refractivity contribution in [1.82, 2.24) is 0 Å². The van der Waals surface area contributed by atoms with Crippen LogP contribution in [0.2, 0.25) is 0 Å². The molecule has 0 saturated carbocycles. The Morgan fingerprint density at radius 2 is 1.65 bits per heavy atom. The molecular formula is C17H22. The van der Waals surface area contributed by atoms with E-state index in [2.05, 4.69) is 37.9 Å². The molecule has 0 saturated heterocycles. The van der Waals surface area contributed by atoms with E-state index >= 15 is 0 Å². The number of allylic oxidation sites excluding steroid dienone is 5. The van der Waals surface area contributed by atoms with E-state index in [9.17, 15) is 0 Å². The number of benzene rings is 1. The van der Waals surface area contributed by atoms with Crippen molar-refractivity contribution in [2.24, 2.45) is 0 Å². The smallest absolute Gasteiger partial charge is 0.00137 e. The van der Waals surface area contributed by atoms with E-state index in [-0.39, 0.29) is 14.9 Å². The van der Waals surface area contributed by atoms with Crippen LogP contribution in [0.1, 0.15) is 26.0 Å². The molecule has 0 aromatic heterocycles. The van der Waals surface area contributed by atoms with E-state index in [1.54, 1.807) is 0 Å². The first-order valence-electron chi connectivity index (χ1n) is 5.03. The lowest BCUT2D eigenvalue weighted by Crippen LogP contribution is -2.04. The van der Waals surface area contributed by atoms with Crippen molar-refractivity contribution in [1.29, 1.82) is 0 Å². The summed E-state index contributed by atoms with van der Waals surface area (Å²) in [7, 11) is 0. The lowest BCUT2D eigenvalue weighted by molar-refractivity contribution is 1.14. The molecule has 90 valence electrons. The second-order valence-corrected chi connectivity index (χ2v) is 3.66. The maximum Gasteiger partial charge on any atom is -0.00137 e. The molecule has 1 aromatic rings. The third kappa shape index (κ3) is 2.47. The maximum absolute atomic E-state index is 4.13. The van der Waals surface area contributed by atoms with Crippen molar-refractivity contribution >= 4 is 5.57 Å². The lowest BCUT2D eigenvalue weighted by atomic mass is 9.83. The quantitative estimate of drug-likeness (QED) is 0.650. The Hall–Kier alpha value is -1.82. The SMILES string of the molecule is C.C.C=CC1=C(C=C)C(=C)c2ccccc2C1. The van der Waals surface area contributed by atoms with Crippen LogP contribution in [-0.2, 0) is 6.42 Å². The van der Waals surface area contributed by atoms with Gasteiger partial charge in [-0.25, -0.2) is 0 Å². The molecule has 0 bridgehead atoms. The average Bonchev–Trinajstić information content (AvgIpc) is 2.29. The summed E-state index contributed by atoms with van der Waals surface area (Å²) >= 11 is 0. The van der Waals surface area contributed by atoms with Gasteiger partial charge in [-0.2, -0.15) is 0 Å². The summed E-state index contributed by atoms with van der Waals surface area (Å²) < 4.78 is 0. The predicted octanol–water partition coefficient (Wildman–Crippen LogP) is 5.20. The first kappa shape index (κ1) is 15.2. The average molecular weight is 226 g/mol. The van der Waals surface area contributed by atoms with E-state index in [1.165, 1.54) is 16.7 Å². The Morgan fingerprint density at radius 3 is 2.24 bits per heavy atom. The molecule has 0 aliphatic heterocycles. The molecule has 0 heterocycles. The van der Waals surface area contributed by atoms with E-state index in [0.29, 0.717) is 0 Å². The van der Waals surface area contributed by atoms with Crippen LogP contribution in [-0.4, -0.2) is 0 Å². The van der Waals surface area contributed by atoms with Gasteiger partial charge in [0.05, 0.1) is 0 Å². The van der Waals surface area contributed by atoms with Gasteiger partial charge in [-0.3, -0.25) is 0 Å². The minimum atomic E-state index is 0. The van der Waals surface area contributed by atoms with Crippen LogP contribution in [0.4, 0.5) is 0 Å². The largest absolute Gasteiger partial charge is 0.0988 e. The molecule has 1 aliphatic carbocycles. The fourth-order valence-corrected chi connectivity index (χ4v) is 2.04. The van der Waals surface area contributed by atoms with Crippen LogP contribution < -0.4 is 0 Å². The van der Waals surface area contributed by atoms with Crippen molar-refractivity contribution in [2.45, 2.75) is 21.3 Å². The first-order chi connectivity index (χ1) is 7.27. The molecule has 2 rings (SSSR count). The van der Waals surface area contributed by atoms with E-state index in [1.807, 2.05) is 18.2 Å². The summed E-state index contributed by atoms with van der Waals surface area (Å²) in [6.45, 7) is 11.8. The predicted molar refractivity (Wildman–Crippen MR) is 80.1 cm³/mol. The van der Waals surface area contributed by atoms with E-state index in [0.717, 1.165) is 17.6 Å². The summed E-state index contributed by atoms with van der Waals surface area (Å²) in [5.74, 6) is 0. The van der Waals surface area contributed by atoms with Gasteiger partial charge in [-0.05, 0) is 34.3 Å². The normalized spacial score (nSPS) is 13.1. The standard InChI is InChI=1S/C15H14.2CH4/c1-4-12-10-13-8-6-7-9-15(13)11(3)14(12)5-2;;/h4-9H,1-3,10H2;2*1H4. The van der Waals surface area contributed by atoms with Gasteiger partial charge in [0, 0.05) is 0 Å². The number of hydrogen-bond acceptors (Lipinski definition) is 0. The van der Waals surface area contributed by atoms with Gasteiger partial charge in [-0.1, -0.05) is 71.0 Å². The van der Waals surface area contributed by atoms with Crippen LogP contribution in [0, 0.1) is 0 Å². The van der Waals surface area contributed by atoms with Crippen LogP contribution in [0.15, 0.2) is 67.3 Å². The number of fused-ring (bicyclic) bond motifs is 1. The van der Waals surface area contributed by atoms with E-state index < -0.39 is 0 Å². The van der Waals surface area contributed by atoms with E-state index in [4.69, 9.17) is 0 Å². The Kier molecular flexibility index (Phi) is 5.40. The highest BCUT2D eigenvalue weighted by Crippen LogP contribution is 2.34. The Balaban J connectivity index is 0.00000128. The summed E-state index contributed by atoms with van der Waals surface area (Å²) in [5.41, 5.74) is 5.96. The molecule has 0 heteroatoms. The van der Waals surface area contributed by atoms with Crippen molar-refractivity contribution in [2.75, 3.05) is 0 Å². The van der Waals surface area contributed by atoms with Crippen molar-refractivity contribution in [3.8, 4) is 0 Å². The molecule has 1 aromatic carbocycles. The maximum atomic E-state index is 4.13. The molecule has 0 atom stereocenters. The first-order valence-corrected chi connectivity index (χ1v) is 5.03. The zero-order valence-corrected chi connectivity index (χ0v) is 8.79. The zero-order valence-electron chi connectivity index (χ0n) is 8.79. The second-order valence-electron chi connectivity index (χ2n) is 3.66. The minimum Gasteiger partial charge on any atom is -0.0988 e. The minimum absolute atomic E-state index is 0. The van der Waals surface area contributed by atoms with Crippen molar-refractivity contribution in [3.05, 3.63) is 78.4 Å². The fraction of sp³-hybridized carbons (Fsp3) is 0.176. The van der Waals surface area contributed by atoms with Crippen molar-refractivity contribution < 1.29 is 0 Å². The Labute approximate surface area is 106 Å². The highest BCUT2D eigenvalue weighted by atomic mass is 14.2. The molecule has 0 nitrogen and oxygen atoms in total. The van der Waals surface area contributed by atoms with Gasteiger partial charge in [0.1, 0.15) is 0 Å². The summed E-state index contributed by atoms with van der Waals surface area (Å²) in [5, 5.41) is 0. The lowest BCUT2D eigenvalue weighted by Gasteiger charge is -2.21. The summed E-state index contributed by atoms with van der Waals surface area (Å²) in [6.07, 6.45) is 4.70. The molecule has 0 unspecified atom stereocenters. The van der Waals surface area contributed by atoms with Crippen molar-refractivity contribution in [3.63, 3.8) is 0 Å². The highest BCUT2D eigenvalue weighted by molar-refractivity contribution is 5.85. The molecule has 17 heavy (non-hydrogen) atoms. The van der Waals surface area contributed by atoms with Gasteiger partial charge in [0.15, 0.2) is 0 Å². The molecule has 0 radical (unpaired) electrons.